The molecule has 8 heavy (non-hydrogen) atoms. The van der Waals surface area contributed by atoms with Crippen molar-refractivity contribution in [3.8, 4) is 5.75 Å². The van der Waals surface area contributed by atoms with Gasteiger partial charge < -0.3 is 4.74 Å². The van der Waals surface area contributed by atoms with Crippen LogP contribution in [0.25, 0.3) is 0 Å². The van der Waals surface area contributed by atoms with E-state index < -0.39 is 0 Å². The van der Waals surface area contributed by atoms with E-state index in [2.05, 4.69) is 0 Å². The summed E-state index contributed by atoms with van der Waals surface area (Å²) in [4.78, 5) is 0. The number of hydrogen-bond donors (Lipinski definition) is 0. The standard InChI is InChI=1S/C6H7O2/c1-7-6-2-4-8-5-3-6/h2-5H,1H3/q+1. The third-order valence-corrected chi connectivity index (χ3v) is 0.857. The molecule has 1 rings (SSSR count). The minimum atomic E-state index is 0.816. The molecule has 0 spiro atoms. The summed E-state index contributed by atoms with van der Waals surface area (Å²) in [5, 5.41) is 0. The molecule has 0 fully saturated rings. The van der Waals surface area contributed by atoms with Crippen molar-refractivity contribution >= 4 is 0 Å². The van der Waals surface area contributed by atoms with E-state index in [-0.39, 0.29) is 0 Å². The second-order valence-electron chi connectivity index (χ2n) is 1.35. The van der Waals surface area contributed by atoms with Gasteiger partial charge in [-0.1, -0.05) is 0 Å². The zero-order chi connectivity index (χ0) is 5.82. The molecule has 1 aromatic rings. The molecule has 2 heteroatoms. The van der Waals surface area contributed by atoms with Crippen LogP contribution in [0.4, 0.5) is 0 Å². The smallest absolute Gasteiger partial charge is 0.321 e. The number of methoxy groups -OCH3 is 1. The lowest BCUT2D eigenvalue weighted by Gasteiger charge is -1.89. The molecule has 1 heterocycles. The van der Waals surface area contributed by atoms with Gasteiger partial charge in [0.25, 0.3) is 0 Å². The fourth-order valence-corrected chi connectivity index (χ4v) is 0.450. The van der Waals surface area contributed by atoms with Gasteiger partial charge in [0.15, 0.2) is 0 Å². The van der Waals surface area contributed by atoms with E-state index in [9.17, 15) is 0 Å². The minimum absolute atomic E-state index is 0.816. The zero-order valence-corrected chi connectivity index (χ0v) is 4.63. The van der Waals surface area contributed by atoms with E-state index in [0.29, 0.717) is 0 Å². The van der Waals surface area contributed by atoms with Crippen LogP contribution in [0.1, 0.15) is 0 Å². The number of hydrogen-bond acceptors (Lipinski definition) is 1. The maximum Gasteiger partial charge on any atom is 0.321 e. The molecule has 2 nitrogen and oxygen atoms in total. The highest BCUT2D eigenvalue weighted by Gasteiger charge is 1.89. The Morgan fingerprint density at radius 2 is 2.00 bits per heavy atom. The first-order valence-corrected chi connectivity index (χ1v) is 2.33. The third-order valence-electron chi connectivity index (χ3n) is 0.857. The number of rotatable bonds is 1. The Morgan fingerprint density at radius 3 is 2.38 bits per heavy atom. The fraction of sp³-hybridized carbons (Fsp3) is 0.167. The molecule has 0 saturated heterocycles. The summed E-state index contributed by atoms with van der Waals surface area (Å²) in [5.74, 6) is 0.816. The minimum Gasteiger partial charge on any atom is -0.496 e. The van der Waals surface area contributed by atoms with Gasteiger partial charge in [0, 0.05) is 0 Å². The highest BCUT2D eigenvalue weighted by Crippen LogP contribution is 2.05. The maximum absolute atomic E-state index is 4.85. The lowest BCUT2D eigenvalue weighted by Crippen LogP contribution is -1.78. The van der Waals surface area contributed by atoms with Crippen molar-refractivity contribution < 1.29 is 9.15 Å². The third kappa shape index (κ3) is 0.964. The largest absolute Gasteiger partial charge is 0.496 e. The normalized spacial score (nSPS) is 8.62. The molecule has 0 aromatic carbocycles. The van der Waals surface area contributed by atoms with Crippen LogP contribution >= 0.6 is 0 Å². The first-order valence-electron chi connectivity index (χ1n) is 2.33. The zero-order valence-electron chi connectivity index (χ0n) is 4.63. The van der Waals surface area contributed by atoms with Crippen LogP contribution in [0.2, 0.25) is 0 Å². The summed E-state index contributed by atoms with van der Waals surface area (Å²) in [5.41, 5.74) is 0. The second kappa shape index (κ2) is 2.31. The Kier molecular flexibility index (Phi) is 1.47. The van der Waals surface area contributed by atoms with E-state index >= 15 is 0 Å². The van der Waals surface area contributed by atoms with Crippen LogP contribution in [0.15, 0.2) is 29.1 Å². The lowest BCUT2D eigenvalue weighted by atomic mass is 10.5. The Bertz CT molecular complexity index is 148. The van der Waals surface area contributed by atoms with Crippen molar-refractivity contribution in [2.24, 2.45) is 0 Å². The summed E-state index contributed by atoms with van der Waals surface area (Å²) in [7, 11) is 1.62. The van der Waals surface area contributed by atoms with E-state index in [1.807, 2.05) is 0 Å². The van der Waals surface area contributed by atoms with Crippen molar-refractivity contribution in [1.82, 2.24) is 0 Å². The Labute approximate surface area is 47.7 Å². The van der Waals surface area contributed by atoms with Crippen LogP contribution in [0, 0.1) is 0 Å². The summed E-state index contributed by atoms with van der Waals surface area (Å²) in [6.07, 6.45) is 3.14. The molecular weight excluding hydrogens is 104 g/mol. The van der Waals surface area contributed by atoms with Crippen molar-refractivity contribution in [3.05, 3.63) is 24.7 Å². The van der Waals surface area contributed by atoms with Crippen LogP contribution in [-0.2, 0) is 0 Å². The topological polar surface area (TPSA) is 20.5 Å². The quantitative estimate of drug-likeness (QED) is 0.513. The Morgan fingerprint density at radius 1 is 1.38 bits per heavy atom. The predicted molar refractivity (Wildman–Crippen MR) is 29.7 cm³/mol. The molecule has 0 amide bonds. The average Bonchev–Trinajstić information content (AvgIpc) is 1.90. The Hall–Kier alpha value is -1.05. The molecule has 0 N–H and O–H groups in total. The molecule has 0 bridgehead atoms. The summed E-state index contributed by atoms with van der Waals surface area (Å²) < 4.78 is 9.59. The highest BCUT2D eigenvalue weighted by molar-refractivity contribution is 5.14. The fourth-order valence-electron chi connectivity index (χ4n) is 0.450. The average molecular weight is 111 g/mol. The summed E-state index contributed by atoms with van der Waals surface area (Å²) >= 11 is 0. The lowest BCUT2D eigenvalue weighted by molar-refractivity contribution is 0.406. The highest BCUT2D eigenvalue weighted by atomic mass is 16.5. The van der Waals surface area contributed by atoms with E-state index in [1.54, 1.807) is 31.8 Å². The van der Waals surface area contributed by atoms with Crippen LogP contribution < -0.4 is 4.74 Å². The summed E-state index contributed by atoms with van der Waals surface area (Å²) in [6.45, 7) is 0. The molecule has 0 aliphatic carbocycles. The van der Waals surface area contributed by atoms with Crippen molar-refractivity contribution in [1.29, 1.82) is 0 Å². The van der Waals surface area contributed by atoms with Gasteiger partial charge in [0.2, 0.25) is 0 Å². The van der Waals surface area contributed by atoms with Gasteiger partial charge in [-0.2, -0.15) is 0 Å². The van der Waals surface area contributed by atoms with Crippen LogP contribution in [0.3, 0.4) is 0 Å². The molecule has 0 radical (unpaired) electrons. The Balaban J connectivity index is 2.83. The summed E-state index contributed by atoms with van der Waals surface area (Å²) in [6, 6.07) is 3.50. The van der Waals surface area contributed by atoms with Gasteiger partial charge in [-0.15, -0.1) is 0 Å². The molecule has 42 valence electrons. The number of ether oxygens (including phenoxy) is 1. The van der Waals surface area contributed by atoms with Crippen molar-refractivity contribution in [3.63, 3.8) is 0 Å². The van der Waals surface area contributed by atoms with Gasteiger partial charge in [0.05, 0.1) is 19.2 Å². The second-order valence-corrected chi connectivity index (χ2v) is 1.35. The predicted octanol–water partition coefficient (Wildman–Crippen LogP) is 1.57. The SMILES string of the molecule is COc1cc[o+]cc1. The van der Waals surface area contributed by atoms with Gasteiger partial charge in [-0.3, -0.25) is 0 Å². The van der Waals surface area contributed by atoms with E-state index in [1.165, 1.54) is 0 Å². The molecule has 0 aliphatic rings. The van der Waals surface area contributed by atoms with E-state index in [4.69, 9.17) is 9.15 Å². The first-order chi connectivity index (χ1) is 3.93. The molecule has 0 aliphatic heterocycles. The van der Waals surface area contributed by atoms with Gasteiger partial charge >= 0.3 is 12.5 Å². The monoisotopic (exact) mass is 111 g/mol. The van der Waals surface area contributed by atoms with E-state index in [0.717, 1.165) is 5.75 Å². The van der Waals surface area contributed by atoms with Gasteiger partial charge in [0.1, 0.15) is 5.75 Å². The molecule has 1 aromatic heterocycles. The van der Waals surface area contributed by atoms with Gasteiger partial charge in [-0.25, -0.2) is 4.42 Å². The first kappa shape index (κ1) is 5.09. The van der Waals surface area contributed by atoms with Crippen molar-refractivity contribution in [2.75, 3.05) is 7.11 Å². The van der Waals surface area contributed by atoms with Gasteiger partial charge in [-0.05, 0) is 0 Å². The van der Waals surface area contributed by atoms with Crippen LogP contribution in [0.5, 0.6) is 5.75 Å². The molecule has 0 atom stereocenters. The maximum atomic E-state index is 4.85. The molecular formula is C6H7O2+. The molecule has 0 unspecified atom stereocenters. The van der Waals surface area contributed by atoms with Crippen molar-refractivity contribution in [2.45, 2.75) is 0 Å². The van der Waals surface area contributed by atoms with Crippen LogP contribution in [-0.4, -0.2) is 7.11 Å². The molecule has 0 saturated carbocycles.